The Morgan fingerprint density at radius 3 is 1.20 bits per heavy atom. The number of fused-ring (bicyclic) bond motifs is 15. The summed E-state index contributed by atoms with van der Waals surface area (Å²) < 4.78 is 9.65. The van der Waals surface area contributed by atoms with Gasteiger partial charge in [-0.25, -0.2) is 15.0 Å². The predicted octanol–water partition coefficient (Wildman–Crippen LogP) is 27.1. The van der Waals surface area contributed by atoms with E-state index < -0.39 is 0 Å². The van der Waals surface area contributed by atoms with E-state index in [1.807, 2.05) is 0 Å². The monoisotopic (exact) mass is 1440 g/mol. The Labute approximate surface area is 652 Å². The van der Waals surface area contributed by atoms with Crippen LogP contribution in [0.3, 0.4) is 0 Å². The maximum atomic E-state index is 5.46. The van der Waals surface area contributed by atoms with Crippen molar-refractivity contribution in [1.82, 2.24) is 33.2 Å². The zero-order valence-electron chi connectivity index (χ0n) is 61.5. The fourth-order valence-corrected chi connectivity index (χ4v) is 17.9. The second-order valence-corrected chi connectivity index (χ2v) is 29.3. The van der Waals surface area contributed by atoms with Gasteiger partial charge in [0, 0.05) is 94.0 Å². The lowest BCUT2D eigenvalue weighted by molar-refractivity contribution is 1.01. The highest BCUT2D eigenvalue weighted by Gasteiger charge is 2.31. The van der Waals surface area contributed by atoms with E-state index in [0.717, 1.165) is 100 Å². The minimum Gasteiger partial charge on any atom is -0.309 e. The molecular formula is C106H69N7. The van der Waals surface area contributed by atoms with Gasteiger partial charge in [-0.3, -0.25) is 0 Å². The van der Waals surface area contributed by atoms with Gasteiger partial charge in [0.25, 0.3) is 0 Å². The van der Waals surface area contributed by atoms with E-state index >= 15 is 0 Å². The van der Waals surface area contributed by atoms with E-state index in [1.54, 1.807) is 0 Å². The molecule has 1 unspecified atom stereocenters. The molecule has 0 saturated heterocycles. The highest BCUT2D eigenvalue weighted by atomic mass is 15.0. The summed E-state index contributed by atoms with van der Waals surface area (Å²) in [6.07, 6.45) is 0. The lowest BCUT2D eigenvalue weighted by Gasteiger charge is -2.15. The van der Waals surface area contributed by atoms with Crippen molar-refractivity contribution < 1.29 is 0 Å². The molecule has 1 atom stereocenters. The standard InChI is InChI=1S/C59H38N4.C47H31N3/c1-5-17-38(18-6-1)55-37-51-54(62(55)42-21-9-3-10-22-42)34-32-47-50-36-41(30-33-53(50)63(58(47)51)43-23-11-4-12-24-43)59-60-52-28-16-15-27-48(52)57(61-59)40-29-31-46-49(35-40)44-25-13-14-26-45(44)56(46)39-19-7-2-8-20-39;1-5-15-32(16-6-1)45-31-41-44(49(45)36-20-9-3-10-21-36)28-26-39-40-29-35(25-27-43(40)50(47(39)41)37-22-11-4-12-23-37)42-30-34-19-13-14-24-38(34)46(48-42)33-17-7-2-8-18-33/h1-37,56H;1-31H. The summed E-state index contributed by atoms with van der Waals surface area (Å²) in [5, 5.41) is 10.5. The van der Waals surface area contributed by atoms with Gasteiger partial charge in [0.2, 0.25) is 0 Å². The number of rotatable bonds is 11. The molecule has 23 rings (SSSR count). The number of nitrogens with zero attached hydrogens (tertiary/aromatic N) is 7. The summed E-state index contributed by atoms with van der Waals surface area (Å²) in [6.45, 7) is 0. The van der Waals surface area contributed by atoms with Crippen LogP contribution in [-0.2, 0) is 0 Å². The van der Waals surface area contributed by atoms with Gasteiger partial charge in [-0.15, -0.1) is 0 Å². The first-order valence-corrected chi connectivity index (χ1v) is 38.7. The Balaban J connectivity index is 0.000000142. The van der Waals surface area contributed by atoms with Gasteiger partial charge in [-0.2, -0.15) is 0 Å². The molecule has 0 aliphatic heterocycles. The number of hydrogen-bond donors (Lipinski definition) is 0. The number of para-hydroxylation sites is 5. The third-order valence-electron chi connectivity index (χ3n) is 22.9. The van der Waals surface area contributed by atoms with Crippen LogP contribution in [0.4, 0.5) is 0 Å². The number of aromatic nitrogens is 7. The van der Waals surface area contributed by atoms with E-state index in [9.17, 15) is 0 Å². The Bertz CT molecular complexity index is 7440. The van der Waals surface area contributed by atoms with Crippen molar-refractivity contribution in [3.05, 3.63) is 429 Å². The molecule has 0 fully saturated rings. The quantitative estimate of drug-likeness (QED) is 0.130. The molecule has 1 aliphatic carbocycles. The van der Waals surface area contributed by atoms with Crippen LogP contribution in [0.5, 0.6) is 0 Å². The first-order valence-electron chi connectivity index (χ1n) is 38.7. The van der Waals surface area contributed by atoms with Gasteiger partial charge >= 0.3 is 0 Å². The van der Waals surface area contributed by atoms with Gasteiger partial charge in [-0.1, -0.05) is 291 Å². The average molecular weight is 1440 g/mol. The van der Waals surface area contributed by atoms with Crippen molar-refractivity contribution in [2.45, 2.75) is 5.92 Å². The molecule has 0 radical (unpaired) electrons. The second kappa shape index (κ2) is 27.0. The summed E-state index contributed by atoms with van der Waals surface area (Å²) in [5.74, 6) is 0.897. The molecule has 0 amide bonds. The van der Waals surface area contributed by atoms with Gasteiger partial charge in [-0.05, 0) is 166 Å². The minimum atomic E-state index is 0.192. The van der Waals surface area contributed by atoms with Crippen LogP contribution >= 0.6 is 0 Å². The van der Waals surface area contributed by atoms with Crippen molar-refractivity contribution in [2.75, 3.05) is 0 Å². The third-order valence-corrected chi connectivity index (χ3v) is 22.9. The Kier molecular flexibility index (Phi) is 15.5. The van der Waals surface area contributed by atoms with Crippen molar-refractivity contribution in [2.24, 2.45) is 0 Å². The highest BCUT2D eigenvalue weighted by Crippen LogP contribution is 2.51. The van der Waals surface area contributed by atoms with Crippen LogP contribution in [0.25, 0.3) is 189 Å². The van der Waals surface area contributed by atoms with Crippen LogP contribution in [0.2, 0.25) is 0 Å². The Hall–Kier alpha value is -15.1. The van der Waals surface area contributed by atoms with Crippen LogP contribution in [0, 0.1) is 0 Å². The largest absolute Gasteiger partial charge is 0.309 e. The maximum absolute atomic E-state index is 5.46. The molecule has 7 nitrogen and oxygen atoms in total. The normalized spacial score (nSPS) is 12.5. The molecule has 16 aromatic carbocycles. The van der Waals surface area contributed by atoms with E-state index in [0.29, 0.717) is 5.82 Å². The van der Waals surface area contributed by atoms with Gasteiger partial charge in [0.1, 0.15) is 0 Å². The van der Waals surface area contributed by atoms with Crippen LogP contribution < -0.4 is 0 Å². The molecule has 528 valence electrons. The predicted molar refractivity (Wildman–Crippen MR) is 469 cm³/mol. The van der Waals surface area contributed by atoms with Gasteiger partial charge < -0.3 is 18.3 Å². The molecule has 0 N–H and O–H groups in total. The number of hydrogen-bond acceptors (Lipinski definition) is 3. The van der Waals surface area contributed by atoms with Crippen molar-refractivity contribution >= 4 is 87.1 Å². The molecule has 7 heteroatoms. The highest BCUT2D eigenvalue weighted by molar-refractivity contribution is 6.22. The summed E-state index contributed by atoms with van der Waals surface area (Å²) in [6, 6.07) is 148. The molecular weight excluding hydrogens is 1370 g/mol. The van der Waals surface area contributed by atoms with E-state index in [4.69, 9.17) is 15.0 Å². The minimum absolute atomic E-state index is 0.192. The molecule has 6 aromatic heterocycles. The molecule has 113 heavy (non-hydrogen) atoms. The average Bonchev–Trinajstić information content (AvgIpc) is 1.56. The summed E-state index contributed by atoms with van der Waals surface area (Å²) >= 11 is 0. The van der Waals surface area contributed by atoms with Gasteiger partial charge in [0.05, 0.1) is 67.1 Å². The van der Waals surface area contributed by atoms with Crippen molar-refractivity contribution in [3.63, 3.8) is 0 Å². The first-order chi connectivity index (χ1) is 56.1. The summed E-state index contributed by atoms with van der Waals surface area (Å²) in [4.78, 5) is 16.0. The Morgan fingerprint density at radius 1 is 0.221 bits per heavy atom. The maximum Gasteiger partial charge on any atom is 0.160 e. The molecule has 1 aliphatic rings. The fourth-order valence-electron chi connectivity index (χ4n) is 17.9. The van der Waals surface area contributed by atoms with E-state index in [1.165, 1.54) is 99.0 Å². The summed E-state index contributed by atoms with van der Waals surface area (Å²) in [7, 11) is 0. The Morgan fingerprint density at radius 2 is 0.637 bits per heavy atom. The smallest absolute Gasteiger partial charge is 0.160 e. The molecule has 0 spiro atoms. The zero-order chi connectivity index (χ0) is 74.5. The van der Waals surface area contributed by atoms with Crippen LogP contribution in [0.15, 0.2) is 413 Å². The molecule has 0 saturated carbocycles. The van der Waals surface area contributed by atoms with Crippen molar-refractivity contribution in [3.8, 4) is 102 Å². The van der Waals surface area contributed by atoms with Gasteiger partial charge in [0.15, 0.2) is 5.82 Å². The lowest BCUT2D eigenvalue weighted by atomic mass is 9.89. The summed E-state index contributed by atoms with van der Waals surface area (Å²) in [5.41, 5.74) is 30.8. The molecule has 6 heterocycles. The zero-order valence-corrected chi connectivity index (χ0v) is 61.5. The number of pyridine rings is 1. The van der Waals surface area contributed by atoms with E-state index in [-0.39, 0.29) is 5.92 Å². The molecule has 0 bridgehead atoms. The number of benzene rings is 16. The van der Waals surface area contributed by atoms with Crippen LogP contribution in [0.1, 0.15) is 22.6 Å². The third kappa shape index (κ3) is 10.9. The molecule has 22 aromatic rings. The second-order valence-electron chi connectivity index (χ2n) is 29.3. The fraction of sp³-hybridized carbons (Fsp3) is 0.00943. The SMILES string of the molecule is c1ccc(-c2cc3c(ccc4c5cc(-c6nc(-c7ccc8c(c7)-c7ccccc7C8c7ccccc7)c7ccccc7n6)ccc5n(-c5ccccc5)c43)n2-c2ccccc2)cc1.c1ccc(-c2nc(-c3ccc4c(c3)c3ccc5c(cc(-c6ccccc6)n5-c5ccccc5)c3n4-c3ccccc3)cc3ccccc23)cc1. The van der Waals surface area contributed by atoms with Crippen molar-refractivity contribution in [1.29, 1.82) is 0 Å². The first kappa shape index (κ1) is 65.1. The lowest BCUT2D eigenvalue weighted by Crippen LogP contribution is -1.99. The van der Waals surface area contributed by atoms with Crippen LogP contribution in [-0.4, -0.2) is 33.2 Å². The van der Waals surface area contributed by atoms with E-state index in [2.05, 4.69) is 431 Å². The topological polar surface area (TPSA) is 58.4 Å².